The molecule has 0 aliphatic carbocycles. The molecule has 0 amide bonds. The Morgan fingerprint density at radius 2 is 0.610 bits per heavy atom. The average Bonchev–Trinajstić information content (AvgIpc) is 3.02. The van der Waals surface area contributed by atoms with E-state index in [1.165, 1.54) is 0 Å². The Bertz CT molecular complexity index is 1200. The molecule has 9 heteroatoms. The SMILES string of the molecule is O=Cc1ccc(OC(COCC(Oc2ccc(C=O)cc2)Oc2ccc(C=O)cc2)Oc2ccc(C=O)cc2)cc1. The van der Waals surface area contributed by atoms with Crippen LogP contribution < -0.4 is 18.9 Å². The average molecular weight is 555 g/mol. The number of benzene rings is 4. The van der Waals surface area contributed by atoms with Crippen LogP contribution in [0.25, 0.3) is 0 Å². The van der Waals surface area contributed by atoms with Crippen LogP contribution in [-0.4, -0.2) is 50.9 Å². The molecule has 4 rings (SSSR count). The van der Waals surface area contributed by atoms with Crippen LogP contribution in [-0.2, 0) is 4.74 Å². The van der Waals surface area contributed by atoms with Gasteiger partial charge in [0, 0.05) is 22.3 Å². The van der Waals surface area contributed by atoms with Gasteiger partial charge in [0.05, 0.1) is 0 Å². The minimum atomic E-state index is -0.918. The van der Waals surface area contributed by atoms with Crippen LogP contribution >= 0.6 is 0 Å². The first-order valence-corrected chi connectivity index (χ1v) is 12.5. The minimum Gasteiger partial charge on any atom is -0.452 e. The molecule has 0 radical (unpaired) electrons. The fourth-order valence-corrected chi connectivity index (χ4v) is 3.55. The maximum absolute atomic E-state index is 11.0. The molecule has 0 N–H and O–H groups in total. The molecule has 0 unspecified atom stereocenters. The summed E-state index contributed by atoms with van der Waals surface area (Å²) < 4.78 is 29.8. The number of rotatable bonds is 16. The molecule has 4 aromatic carbocycles. The Balaban J connectivity index is 1.46. The van der Waals surface area contributed by atoms with Gasteiger partial charge in [-0.05, 0) is 97.1 Å². The van der Waals surface area contributed by atoms with Crippen molar-refractivity contribution in [2.45, 2.75) is 12.6 Å². The van der Waals surface area contributed by atoms with Crippen molar-refractivity contribution >= 4 is 25.1 Å². The van der Waals surface area contributed by atoms with Gasteiger partial charge in [-0.1, -0.05) is 0 Å². The highest BCUT2D eigenvalue weighted by atomic mass is 16.7. The van der Waals surface area contributed by atoms with Gasteiger partial charge < -0.3 is 23.7 Å². The zero-order valence-corrected chi connectivity index (χ0v) is 21.8. The molecule has 0 saturated heterocycles. The first-order chi connectivity index (χ1) is 20.1. The molecule has 0 aromatic heterocycles. The fourth-order valence-electron chi connectivity index (χ4n) is 3.55. The lowest BCUT2D eigenvalue weighted by Gasteiger charge is -2.24. The van der Waals surface area contributed by atoms with E-state index in [0.29, 0.717) is 45.3 Å². The number of ether oxygens (including phenoxy) is 5. The molecule has 0 bridgehead atoms. The van der Waals surface area contributed by atoms with Gasteiger partial charge in [-0.25, -0.2) is 0 Å². The van der Waals surface area contributed by atoms with Crippen LogP contribution in [0.3, 0.4) is 0 Å². The van der Waals surface area contributed by atoms with E-state index in [9.17, 15) is 19.2 Å². The van der Waals surface area contributed by atoms with E-state index in [1.54, 1.807) is 97.1 Å². The predicted molar refractivity (Wildman–Crippen MR) is 148 cm³/mol. The van der Waals surface area contributed by atoms with Crippen molar-refractivity contribution in [1.82, 2.24) is 0 Å². The quantitative estimate of drug-likeness (QED) is 0.136. The van der Waals surface area contributed by atoms with Crippen molar-refractivity contribution in [2.24, 2.45) is 0 Å². The monoisotopic (exact) mass is 554 g/mol. The highest BCUT2D eigenvalue weighted by Gasteiger charge is 2.18. The van der Waals surface area contributed by atoms with Gasteiger partial charge in [0.2, 0.25) is 0 Å². The summed E-state index contributed by atoms with van der Waals surface area (Å²) in [5, 5.41) is 0. The predicted octanol–water partition coefficient (Wildman–Crippen LogP) is 5.22. The number of aldehydes is 4. The first kappa shape index (κ1) is 28.7. The Morgan fingerprint density at radius 1 is 0.390 bits per heavy atom. The molecule has 4 aromatic rings. The Labute approximate surface area is 236 Å². The van der Waals surface area contributed by atoms with Crippen LogP contribution in [0, 0.1) is 0 Å². The normalized spacial score (nSPS) is 10.6. The van der Waals surface area contributed by atoms with E-state index in [1.807, 2.05) is 0 Å². The molecule has 0 aliphatic rings. The topological polar surface area (TPSA) is 114 Å². The molecule has 0 aliphatic heterocycles. The van der Waals surface area contributed by atoms with Crippen molar-refractivity contribution < 1.29 is 42.9 Å². The standard InChI is InChI=1S/C32H26O9/c33-17-23-1-9-27(10-2-23)38-31(39-28-11-3-24(18-34)4-12-28)21-37-22-32(40-29-13-5-25(19-35)6-14-29)41-30-15-7-26(20-36)8-16-30/h1-20,31-32H,21-22H2. The molecule has 208 valence electrons. The maximum atomic E-state index is 11.0. The lowest BCUT2D eigenvalue weighted by atomic mass is 10.2. The Hall–Kier alpha value is -5.28. The van der Waals surface area contributed by atoms with Gasteiger partial charge in [0.25, 0.3) is 12.6 Å². The molecular formula is C32H26O9. The third-order valence-electron chi connectivity index (χ3n) is 5.64. The van der Waals surface area contributed by atoms with E-state index in [0.717, 1.165) is 25.1 Å². The molecule has 0 saturated carbocycles. The van der Waals surface area contributed by atoms with Crippen molar-refractivity contribution in [3.05, 3.63) is 119 Å². The molecule has 0 spiro atoms. The third-order valence-corrected chi connectivity index (χ3v) is 5.64. The van der Waals surface area contributed by atoms with Gasteiger partial charge in [0.15, 0.2) is 0 Å². The first-order valence-electron chi connectivity index (χ1n) is 12.5. The number of carbonyl (C=O) groups is 4. The van der Waals surface area contributed by atoms with Gasteiger partial charge in [-0.15, -0.1) is 0 Å². The summed E-state index contributed by atoms with van der Waals surface area (Å²) in [6, 6.07) is 26.0. The molecule has 0 heterocycles. The molecule has 9 nitrogen and oxygen atoms in total. The van der Waals surface area contributed by atoms with Gasteiger partial charge in [0.1, 0.15) is 61.4 Å². The van der Waals surface area contributed by atoms with Gasteiger partial charge in [-0.2, -0.15) is 0 Å². The van der Waals surface area contributed by atoms with Crippen molar-refractivity contribution in [2.75, 3.05) is 13.2 Å². The molecular weight excluding hydrogens is 528 g/mol. The van der Waals surface area contributed by atoms with E-state index >= 15 is 0 Å². The van der Waals surface area contributed by atoms with E-state index in [4.69, 9.17) is 23.7 Å². The summed E-state index contributed by atoms with van der Waals surface area (Å²) >= 11 is 0. The summed E-state index contributed by atoms with van der Waals surface area (Å²) in [5.41, 5.74) is 1.98. The minimum absolute atomic E-state index is 0.0533. The Morgan fingerprint density at radius 3 is 0.805 bits per heavy atom. The number of hydrogen-bond donors (Lipinski definition) is 0. The van der Waals surface area contributed by atoms with Crippen LogP contribution in [0.2, 0.25) is 0 Å². The molecule has 41 heavy (non-hydrogen) atoms. The van der Waals surface area contributed by atoms with E-state index < -0.39 is 12.6 Å². The summed E-state index contributed by atoms with van der Waals surface area (Å²) in [4.78, 5) is 44.0. The van der Waals surface area contributed by atoms with Crippen molar-refractivity contribution in [3.63, 3.8) is 0 Å². The molecule has 0 fully saturated rings. The second kappa shape index (κ2) is 14.8. The second-order valence-corrected chi connectivity index (χ2v) is 8.62. The highest BCUT2D eigenvalue weighted by molar-refractivity contribution is 5.76. The van der Waals surface area contributed by atoms with Gasteiger partial charge in [-0.3, -0.25) is 19.2 Å². The van der Waals surface area contributed by atoms with Crippen LogP contribution in [0.5, 0.6) is 23.0 Å². The maximum Gasteiger partial charge on any atom is 0.264 e. The number of carbonyl (C=O) groups excluding carboxylic acids is 4. The zero-order valence-electron chi connectivity index (χ0n) is 21.8. The van der Waals surface area contributed by atoms with E-state index in [2.05, 4.69) is 0 Å². The van der Waals surface area contributed by atoms with Crippen molar-refractivity contribution in [3.8, 4) is 23.0 Å². The zero-order chi connectivity index (χ0) is 28.9. The second-order valence-electron chi connectivity index (χ2n) is 8.62. The fraction of sp³-hybridized carbons (Fsp3) is 0.125. The lowest BCUT2D eigenvalue weighted by molar-refractivity contribution is -0.105. The summed E-state index contributed by atoms with van der Waals surface area (Å²) in [6.07, 6.45) is 1.09. The van der Waals surface area contributed by atoms with Crippen LogP contribution in [0.1, 0.15) is 41.4 Å². The number of hydrogen-bond acceptors (Lipinski definition) is 9. The smallest absolute Gasteiger partial charge is 0.264 e. The lowest BCUT2D eigenvalue weighted by Crippen LogP contribution is -2.34. The largest absolute Gasteiger partial charge is 0.452 e. The highest BCUT2D eigenvalue weighted by Crippen LogP contribution is 2.20. The summed E-state index contributed by atoms with van der Waals surface area (Å²) in [5.74, 6) is 1.79. The third kappa shape index (κ3) is 8.87. The van der Waals surface area contributed by atoms with Crippen LogP contribution in [0.15, 0.2) is 97.1 Å². The summed E-state index contributed by atoms with van der Waals surface area (Å²) in [6.45, 7) is -0.107. The van der Waals surface area contributed by atoms with Gasteiger partial charge >= 0.3 is 0 Å². The summed E-state index contributed by atoms with van der Waals surface area (Å²) in [7, 11) is 0. The molecule has 0 atom stereocenters. The Kier molecular flexibility index (Phi) is 10.3. The van der Waals surface area contributed by atoms with Crippen LogP contribution in [0.4, 0.5) is 0 Å². The van der Waals surface area contributed by atoms with E-state index in [-0.39, 0.29) is 13.2 Å². The van der Waals surface area contributed by atoms with Crippen molar-refractivity contribution in [1.29, 1.82) is 0 Å².